The number of aromatic nitrogens is 2. The van der Waals surface area contributed by atoms with Gasteiger partial charge in [-0.05, 0) is 24.6 Å². The molecule has 2 aromatic rings. The second kappa shape index (κ2) is 6.16. The van der Waals surface area contributed by atoms with Gasteiger partial charge >= 0.3 is 11.8 Å². The van der Waals surface area contributed by atoms with Gasteiger partial charge in [0.2, 0.25) is 0 Å². The number of carbonyl (C=O) groups is 2. The summed E-state index contributed by atoms with van der Waals surface area (Å²) in [4.78, 5) is 23.4. The van der Waals surface area contributed by atoms with E-state index in [0.717, 1.165) is 10.9 Å². The number of nitrogens with zero attached hydrogens (tertiary/aromatic N) is 1. The largest absolute Gasteiger partial charge is 0.394 e. The number of benzene rings is 1. The lowest BCUT2D eigenvalue weighted by Crippen LogP contribution is -2.43. The molecule has 2 rings (SSSR count). The minimum atomic E-state index is -0.768. The summed E-state index contributed by atoms with van der Waals surface area (Å²) in [7, 11) is 0. The fourth-order valence-corrected chi connectivity index (χ4v) is 1.73. The Labute approximate surface area is 115 Å². The summed E-state index contributed by atoms with van der Waals surface area (Å²) < 4.78 is 0. The number of nitrogens with one attached hydrogen (secondary N) is 3. The van der Waals surface area contributed by atoms with Crippen LogP contribution in [0, 0.1) is 0 Å². The van der Waals surface area contributed by atoms with Crippen LogP contribution in [-0.4, -0.2) is 39.8 Å². The van der Waals surface area contributed by atoms with Crippen LogP contribution in [-0.2, 0) is 9.59 Å². The molecule has 1 atom stereocenters. The van der Waals surface area contributed by atoms with Crippen LogP contribution in [0.5, 0.6) is 0 Å². The van der Waals surface area contributed by atoms with Crippen LogP contribution in [0.4, 0.5) is 5.69 Å². The number of rotatable bonds is 4. The molecule has 0 aliphatic carbocycles. The number of hydrogen-bond donors (Lipinski definition) is 4. The van der Waals surface area contributed by atoms with Crippen LogP contribution < -0.4 is 10.6 Å². The number of carbonyl (C=O) groups excluding carboxylic acids is 2. The van der Waals surface area contributed by atoms with E-state index in [-0.39, 0.29) is 6.61 Å². The van der Waals surface area contributed by atoms with Crippen molar-refractivity contribution in [2.75, 3.05) is 11.9 Å². The molecule has 7 nitrogen and oxygen atoms in total. The number of fused-ring (bicyclic) bond motifs is 1. The van der Waals surface area contributed by atoms with Crippen molar-refractivity contribution in [2.24, 2.45) is 0 Å². The van der Waals surface area contributed by atoms with Gasteiger partial charge in [0, 0.05) is 11.1 Å². The maximum atomic E-state index is 11.7. The average Bonchev–Trinajstić information content (AvgIpc) is 2.91. The molecule has 0 spiro atoms. The smallest absolute Gasteiger partial charge is 0.313 e. The first-order valence-corrected chi connectivity index (χ1v) is 6.30. The quantitative estimate of drug-likeness (QED) is 0.606. The number of aliphatic hydroxyl groups is 1. The normalized spacial score (nSPS) is 12.1. The topological polar surface area (TPSA) is 107 Å². The van der Waals surface area contributed by atoms with Gasteiger partial charge in [-0.3, -0.25) is 14.7 Å². The van der Waals surface area contributed by atoms with E-state index >= 15 is 0 Å². The Morgan fingerprint density at radius 3 is 2.90 bits per heavy atom. The standard InChI is InChI=1S/C13H16N4O3/c1-2-9(7-18)15-12(19)13(20)16-10-4-3-8-6-14-17-11(8)5-10/h3-6,9,18H,2,7H2,1H3,(H,14,17)(H,15,19)(H,16,20). The molecule has 0 saturated heterocycles. The van der Waals surface area contributed by atoms with Crippen LogP contribution in [0.25, 0.3) is 10.9 Å². The van der Waals surface area contributed by atoms with E-state index in [0.29, 0.717) is 12.1 Å². The zero-order chi connectivity index (χ0) is 14.5. The molecule has 106 valence electrons. The van der Waals surface area contributed by atoms with Gasteiger partial charge in [-0.25, -0.2) is 0 Å². The van der Waals surface area contributed by atoms with E-state index in [1.165, 1.54) is 0 Å². The highest BCUT2D eigenvalue weighted by atomic mass is 16.3. The molecule has 0 fully saturated rings. The lowest BCUT2D eigenvalue weighted by molar-refractivity contribution is -0.136. The Morgan fingerprint density at radius 1 is 1.40 bits per heavy atom. The highest BCUT2D eigenvalue weighted by Crippen LogP contribution is 2.16. The first-order valence-electron chi connectivity index (χ1n) is 6.30. The summed E-state index contributed by atoms with van der Waals surface area (Å²) in [5.74, 6) is -1.54. The molecular formula is C13H16N4O3. The van der Waals surface area contributed by atoms with Gasteiger partial charge in [0.15, 0.2) is 0 Å². The number of H-pyrrole nitrogens is 1. The lowest BCUT2D eigenvalue weighted by Gasteiger charge is -2.13. The van der Waals surface area contributed by atoms with Gasteiger partial charge in [-0.1, -0.05) is 6.92 Å². The Morgan fingerprint density at radius 2 is 2.20 bits per heavy atom. The van der Waals surface area contributed by atoms with Crippen LogP contribution in [0.2, 0.25) is 0 Å². The SMILES string of the molecule is CCC(CO)NC(=O)C(=O)Nc1ccc2cn[nH]c2c1. The number of anilines is 1. The molecule has 0 bridgehead atoms. The molecule has 1 aromatic carbocycles. The monoisotopic (exact) mass is 276 g/mol. The van der Waals surface area contributed by atoms with Crippen molar-refractivity contribution in [3.8, 4) is 0 Å². The van der Waals surface area contributed by atoms with E-state index in [9.17, 15) is 9.59 Å². The molecule has 4 N–H and O–H groups in total. The third-order valence-electron chi connectivity index (χ3n) is 2.95. The van der Waals surface area contributed by atoms with Gasteiger partial charge in [0.25, 0.3) is 0 Å². The fraction of sp³-hybridized carbons (Fsp3) is 0.308. The van der Waals surface area contributed by atoms with Crippen molar-refractivity contribution < 1.29 is 14.7 Å². The fourth-order valence-electron chi connectivity index (χ4n) is 1.73. The van der Waals surface area contributed by atoms with Crippen molar-refractivity contribution in [2.45, 2.75) is 19.4 Å². The Kier molecular flexibility index (Phi) is 4.31. The Balaban J connectivity index is 2.01. The van der Waals surface area contributed by atoms with E-state index in [1.54, 1.807) is 24.4 Å². The number of amides is 2. The van der Waals surface area contributed by atoms with Crippen molar-refractivity contribution in [1.82, 2.24) is 15.5 Å². The molecule has 1 aromatic heterocycles. The minimum absolute atomic E-state index is 0.199. The van der Waals surface area contributed by atoms with Gasteiger partial charge in [0.1, 0.15) is 0 Å². The predicted octanol–water partition coefficient (Wildman–Crippen LogP) is 0.388. The predicted molar refractivity (Wildman–Crippen MR) is 74.0 cm³/mol. The molecule has 0 aliphatic heterocycles. The summed E-state index contributed by atoms with van der Waals surface area (Å²) in [5, 5.41) is 21.5. The molecular weight excluding hydrogens is 260 g/mol. The zero-order valence-corrected chi connectivity index (χ0v) is 11.0. The first-order chi connectivity index (χ1) is 9.63. The van der Waals surface area contributed by atoms with Crippen molar-refractivity contribution in [3.05, 3.63) is 24.4 Å². The summed E-state index contributed by atoms with van der Waals surface area (Å²) in [5.41, 5.74) is 1.27. The Hall–Kier alpha value is -2.41. The van der Waals surface area contributed by atoms with E-state index < -0.39 is 17.9 Å². The number of hydrogen-bond acceptors (Lipinski definition) is 4. The van der Waals surface area contributed by atoms with Crippen molar-refractivity contribution in [3.63, 3.8) is 0 Å². The highest BCUT2D eigenvalue weighted by Gasteiger charge is 2.17. The minimum Gasteiger partial charge on any atom is -0.394 e. The van der Waals surface area contributed by atoms with E-state index in [1.807, 2.05) is 6.92 Å². The lowest BCUT2D eigenvalue weighted by atomic mass is 10.2. The second-order valence-electron chi connectivity index (χ2n) is 4.39. The highest BCUT2D eigenvalue weighted by molar-refractivity contribution is 6.39. The molecule has 0 aliphatic rings. The van der Waals surface area contributed by atoms with E-state index in [4.69, 9.17) is 5.11 Å². The van der Waals surface area contributed by atoms with E-state index in [2.05, 4.69) is 20.8 Å². The third-order valence-corrected chi connectivity index (χ3v) is 2.95. The summed E-state index contributed by atoms with van der Waals surface area (Å²) in [6, 6.07) is 4.75. The van der Waals surface area contributed by atoms with Crippen LogP contribution in [0.3, 0.4) is 0 Å². The average molecular weight is 276 g/mol. The van der Waals surface area contributed by atoms with Gasteiger partial charge in [-0.15, -0.1) is 0 Å². The molecule has 1 heterocycles. The number of aromatic amines is 1. The molecule has 20 heavy (non-hydrogen) atoms. The zero-order valence-electron chi connectivity index (χ0n) is 11.0. The molecule has 0 saturated carbocycles. The van der Waals surface area contributed by atoms with Crippen molar-refractivity contribution >= 4 is 28.4 Å². The third kappa shape index (κ3) is 3.12. The molecule has 2 amide bonds. The number of aliphatic hydroxyl groups excluding tert-OH is 1. The van der Waals surface area contributed by atoms with Crippen LogP contribution in [0.15, 0.2) is 24.4 Å². The summed E-state index contributed by atoms with van der Waals surface area (Å²) in [6.45, 7) is 1.61. The Bertz CT molecular complexity index is 619. The summed E-state index contributed by atoms with van der Waals surface area (Å²) >= 11 is 0. The molecule has 1 unspecified atom stereocenters. The van der Waals surface area contributed by atoms with Gasteiger partial charge in [0.05, 0.1) is 24.4 Å². The van der Waals surface area contributed by atoms with Gasteiger partial charge in [-0.2, -0.15) is 5.10 Å². The molecule has 7 heteroatoms. The molecule has 0 radical (unpaired) electrons. The maximum absolute atomic E-state index is 11.7. The van der Waals surface area contributed by atoms with Crippen molar-refractivity contribution in [1.29, 1.82) is 0 Å². The van der Waals surface area contributed by atoms with Crippen LogP contribution >= 0.6 is 0 Å². The summed E-state index contributed by atoms with van der Waals surface area (Å²) in [6.07, 6.45) is 2.22. The maximum Gasteiger partial charge on any atom is 0.313 e. The second-order valence-corrected chi connectivity index (χ2v) is 4.39. The van der Waals surface area contributed by atoms with Gasteiger partial charge < -0.3 is 15.7 Å². The first kappa shape index (κ1) is 14.0. The van der Waals surface area contributed by atoms with Crippen LogP contribution in [0.1, 0.15) is 13.3 Å².